The second kappa shape index (κ2) is 9.11. The number of benzene rings is 1. The van der Waals surface area contributed by atoms with E-state index < -0.39 is 0 Å². The first-order valence-corrected chi connectivity index (χ1v) is 12.9. The number of piperazine rings is 1. The first-order chi connectivity index (χ1) is 17.5. The minimum Gasteiger partial charge on any atom is -0.473 e. The molecule has 1 saturated carbocycles. The smallest absolute Gasteiger partial charge is 0.241 e. The molecule has 2 aliphatic heterocycles. The second-order valence-corrected chi connectivity index (χ2v) is 10.2. The first kappa shape index (κ1) is 22.8. The number of anilines is 1. The molecule has 4 heterocycles. The number of hydrogen-bond donors (Lipinski definition) is 1. The zero-order valence-electron chi connectivity index (χ0n) is 20.8. The Morgan fingerprint density at radius 1 is 1.14 bits per heavy atom. The van der Waals surface area contributed by atoms with Gasteiger partial charge in [-0.05, 0) is 38.0 Å². The van der Waals surface area contributed by atoms with Crippen molar-refractivity contribution in [1.29, 1.82) is 0 Å². The van der Waals surface area contributed by atoms with E-state index >= 15 is 0 Å². The van der Waals surface area contributed by atoms with Crippen molar-refractivity contribution in [2.24, 2.45) is 5.92 Å². The number of amides is 2. The fourth-order valence-electron chi connectivity index (χ4n) is 5.24. The zero-order valence-corrected chi connectivity index (χ0v) is 20.8. The number of rotatable bonds is 6. The monoisotopic (exact) mass is 488 g/mol. The van der Waals surface area contributed by atoms with Crippen LogP contribution < -0.4 is 15.0 Å². The van der Waals surface area contributed by atoms with Crippen molar-refractivity contribution < 1.29 is 14.3 Å². The van der Waals surface area contributed by atoms with Crippen LogP contribution in [0.2, 0.25) is 0 Å². The maximum absolute atomic E-state index is 11.7. The Morgan fingerprint density at radius 3 is 2.53 bits per heavy atom. The van der Waals surface area contributed by atoms with E-state index in [-0.39, 0.29) is 23.8 Å². The summed E-state index contributed by atoms with van der Waals surface area (Å²) < 4.78 is 8.63. The third-order valence-corrected chi connectivity index (χ3v) is 7.68. The van der Waals surface area contributed by atoms with Crippen LogP contribution in [0.25, 0.3) is 22.3 Å². The number of nitrogens with zero attached hydrogens (tertiary/aromatic N) is 5. The van der Waals surface area contributed by atoms with Crippen molar-refractivity contribution in [2.75, 3.05) is 37.6 Å². The van der Waals surface area contributed by atoms with Gasteiger partial charge in [0.15, 0.2) is 0 Å². The van der Waals surface area contributed by atoms with E-state index in [1.54, 1.807) is 6.92 Å². The number of hydrogen-bond acceptors (Lipinski definition) is 6. The molecule has 2 aromatic heterocycles. The van der Waals surface area contributed by atoms with Crippen LogP contribution in [0, 0.1) is 5.92 Å². The lowest BCUT2D eigenvalue weighted by Gasteiger charge is -2.35. The highest BCUT2D eigenvalue weighted by Crippen LogP contribution is 2.40. The summed E-state index contributed by atoms with van der Waals surface area (Å²) in [7, 11) is 0. The van der Waals surface area contributed by atoms with Gasteiger partial charge in [-0.25, -0.2) is 9.97 Å². The maximum atomic E-state index is 11.7. The van der Waals surface area contributed by atoms with Crippen molar-refractivity contribution in [3.63, 3.8) is 0 Å². The van der Waals surface area contributed by atoms with Crippen molar-refractivity contribution in [3.05, 3.63) is 36.7 Å². The molecule has 3 fully saturated rings. The molecule has 0 spiro atoms. The molecule has 0 radical (unpaired) electrons. The van der Waals surface area contributed by atoms with Gasteiger partial charge in [-0.3, -0.25) is 9.59 Å². The van der Waals surface area contributed by atoms with Crippen LogP contribution in [0.4, 0.5) is 5.69 Å². The molecule has 2 saturated heterocycles. The van der Waals surface area contributed by atoms with Crippen LogP contribution >= 0.6 is 0 Å². The molecule has 6 rings (SSSR count). The van der Waals surface area contributed by atoms with Crippen LogP contribution in [0.1, 0.15) is 39.2 Å². The van der Waals surface area contributed by atoms with Crippen molar-refractivity contribution in [3.8, 4) is 17.1 Å². The van der Waals surface area contributed by atoms with Gasteiger partial charge in [-0.2, -0.15) is 0 Å². The maximum Gasteiger partial charge on any atom is 0.241 e. The van der Waals surface area contributed by atoms with Gasteiger partial charge in [0.1, 0.15) is 11.6 Å². The fraction of sp³-hybridized carbons (Fsp3) is 0.481. The van der Waals surface area contributed by atoms with Crippen LogP contribution in [0.15, 0.2) is 36.7 Å². The van der Waals surface area contributed by atoms with Gasteiger partial charge in [-0.15, -0.1) is 0 Å². The summed E-state index contributed by atoms with van der Waals surface area (Å²) >= 11 is 0. The Balaban J connectivity index is 1.27. The summed E-state index contributed by atoms with van der Waals surface area (Å²) in [5.41, 5.74) is 4.77. The number of carbonyl (C=O) groups is 2. The highest BCUT2D eigenvalue weighted by atomic mass is 16.5. The van der Waals surface area contributed by atoms with E-state index in [1.165, 1.54) is 0 Å². The van der Waals surface area contributed by atoms with E-state index in [0.29, 0.717) is 24.9 Å². The Morgan fingerprint density at radius 2 is 1.89 bits per heavy atom. The zero-order chi connectivity index (χ0) is 24.8. The van der Waals surface area contributed by atoms with Crippen molar-refractivity contribution in [1.82, 2.24) is 24.8 Å². The van der Waals surface area contributed by atoms with E-state index in [4.69, 9.17) is 14.7 Å². The third kappa shape index (κ3) is 4.38. The first-order valence-electron chi connectivity index (χ1n) is 12.9. The summed E-state index contributed by atoms with van der Waals surface area (Å²) in [6.45, 7) is 7.44. The summed E-state index contributed by atoms with van der Waals surface area (Å²) in [6, 6.07) is 10.9. The Labute approximate surface area is 210 Å². The second-order valence-electron chi connectivity index (χ2n) is 10.2. The van der Waals surface area contributed by atoms with E-state index in [2.05, 4.69) is 39.0 Å². The molecule has 2 amide bonds. The van der Waals surface area contributed by atoms with Crippen LogP contribution in [-0.2, 0) is 9.59 Å². The molecule has 3 aliphatic rings. The molecule has 1 aliphatic carbocycles. The van der Waals surface area contributed by atoms with E-state index in [0.717, 1.165) is 67.0 Å². The standard InChI is InChI=1S/C27H32N6O3/c1-17(20-13-25(35)28-15-20)36-27-26-24(29-16-33(26)22-7-8-22)14-23(30-27)19-3-5-21(6-4-19)32-11-9-31(10-12-32)18(2)34/h3-6,14,16-17,20,22H,7-13,15H2,1-2H3,(H,28,35)/t17-,20-/m1/s1. The minimum atomic E-state index is -0.145. The number of imidazole rings is 1. The lowest BCUT2D eigenvalue weighted by atomic mass is 10.0. The Hall–Kier alpha value is -3.62. The lowest BCUT2D eigenvalue weighted by molar-refractivity contribution is -0.129. The van der Waals surface area contributed by atoms with Gasteiger partial charge in [0, 0.05) is 69.3 Å². The molecule has 1 aromatic carbocycles. The van der Waals surface area contributed by atoms with E-state index in [9.17, 15) is 9.59 Å². The summed E-state index contributed by atoms with van der Waals surface area (Å²) in [5.74, 6) is 0.924. The van der Waals surface area contributed by atoms with Gasteiger partial charge in [0.05, 0.1) is 17.5 Å². The highest BCUT2D eigenvalue weighted by Gasteiger charge is 2.31. The van der Waals surface area contributed by atoms with Crippen LogP contribution in [0.3, 0.4) is 0 Å². The van der Waals surface area contributed by atoms with Crippen molar-refractivity contribution >= 4 is 28.5 Å². The average Bonchev–Trinajstić information content (AvgIpc) is 3.49. The third-order valence-electron chi connectivity index (χ3n) is 7.68. The van der Waals surface area contributed by atoms with Gasteiger partial charge in [-0.1, -0.05) is 12.1 Å². The van der Waals surface area contributed by atoms with Crippen molar-refractivity contribution in [2.45, 2.75) is 45.3 Å². The molecule has 1 N–H and O–H groups in total. The average molecular weight is 489 g/mol. The minimum absolute atomic E-state index is 0.0770. The number of fused-ring (bicyclic) bond motifs is 1. The molecule has 36 heavy (non-hydrogen) atoms. The van der Waals surface area contributed by atoms with Crippen LogP contribution in [-0.4, -0.2) is 70.1 Å². The number of aromatic nitrogens is 3. The summed E-state index contributed by atoms with van der Waals surface area (Å²) in [4.78, 5) is 37.2. The van der Waals surface area contributed by atoms with Gasteiger partial charge >= 0.3 is 0 Å². The van der Waals surface area contributed by atoms with Gasteiger partial charge in [0.2, 0.25) is 17.7 Å². The number of pyridine rings is 1. The van der Waals surface area contributed by atoms with Crippen LogP contribution in [0.5, 0.6) is 5.88 Å². The SMILES string of the molecule is CC(=O)N1CCN(c2ccc(-c3cc4ncn(C5CC5)c4c(O[C@H](C)[C@H]4CNC(=O)C4)n3)cc2)CC1. The summed E-state index contributed by atoms with van der Waals surface area (Å²) in [5, 5.41) is 2.91. The van der Waals surface area contributed by atoms with Gasteiger partial charge < -0.3 is 24.4 Å². The Kier molecular flexibility index (Phi) is 5.78. The van der Waals surface area contributed by atoms with Gasteiger partial charge in [0.25, 0.3) is 0 Å². The quantitative estimate of drug-likeness (QED) is 0.574. The Bertz CT molecular complexity index is 1290. The highest BCUT2D eigenvalue weighted by molar-refractivity contribution is 5.85. The predicted octanol–water partition coefficient (Wildman–Crippen LogP) is 3.01. The largest absolute Gasteiger partial charge is 0.473 e. The molecule has 0 unspecified atom stereocenters. The molecule has 0 bridgehead atoms. The predicted molar refractivity (Wildman–Crippen MR) is 137 cm³/mol. The number of nitrogens with one attached hydrogen (secondary N) is 1. The molecule has 9 heteroatoms. The summed E-state index contributed by atoms with van der Waals surface area (Å²) in [6.07, 6.45) is 4.52. The fourth-order valence-corrected chi connectivity index (χ4v) is 5.24. The molecular formula is C27H32N6O3. The lowest BCUT2D eigenvalue weighted by Crippen LogP contribution is -2.48. The molecule has 9 nitrogen and oxygen atoms in total. The molecule has 188 valence electrons. The topological polar surface area (TPSA) is 92.6 Å². The van der Waals surface area contributed by atoms with E-state index in [1.807, 2.05) is 24.2 Å². The molecular weight excluding hydrogens is 456 g/mol. The molecule has 2 atom stereocenters. The molecule has 3 aromatic rings. The normalized spacial score (nSPS) is 21.1. The number of carbonyl (C=O) groups excluding carboxylic acids is 2. The number of ether oxygens (including phenoxy) is 1.